The van der Waals surface area contributed by atoms with E-state index < -0.39 is 0 Å². The largest absolute Gasteiger partial charge is 0.493 e. The summed E-state index contributed by atoms with van der Waals surface area (Å²) in [6.45, 7) is 9.85. The Morgan fingerprint density at radius 2 is 1.52 bits per heavy atom. The predicted octanol–water partition coefficient (Wildman–Crippen LogP) is 6.61. The molecule has 0 spiro atoms. The third-order valence-corrected chi connectivity index (χ3v) is 6.74. The van der Waals surface area contributed by atoms with Crippen molar-refractivity contribution >= 4 is 47.1 Å². The van der Waals surface area contributed by atoms with Gasteiger partial charge in [0.05, 0.1) is 18.4 Å². The summed E-state index contributed by atoms with van der Waals surface area (Å²) >= 11 is 0. The van der Waals surface area contributed by atoms with Crippen LogP contribution in [0, 0.1) is 0 Å². The Kier molecular flexibility index (Phi) is 7.85. The summed E-state index contributed by atoms with van der Waals surface area (Å²) in [5.41, 5.74) is 6.32. The zero-order valence-electron chi connectivity index (χ0n) is 23.6. The molecule has 0 atom stereocenters. The van der Waals surface area contributed by atoms with E-state index in [-0.39, 0.29) is 35.5 Å². The van der Waals surface area contributed by atoms with Gasteiger partial charge in [-0.25, -0.2) is 4.79 Å². The van der Waals surface area contributed by atoms with Crippen molar-refractivity contribution in [2.24, 2.45) is 4.99 Å². The zero-order valence-corrected chi connectivity index (χ0v) is 24.4. The lowest BCUT2D eigenvalue weighted by molar-refractivity contribution is -0.114. The summed E-state index contributed by atoms with van der Waals surface area (Å²) in [6.07, 6.45) is 1.53. The maximum absolute atomic E-state index is 12.8. The van der Waals surface area contributed by atoms with Crippen LogP contribution in [-0.2, 0) is 17.6 Å². The van der Waals surface area contributed by atoms with Gasteiger partial charge in [0.15, 0.2) is 11.5 Å². The number of hydrogen-bond acceptors (Lipinski definition) is 5. The number of hydrogen-bond donors (Lipinski definition) is 3. The first kappa shape index (κ1) is 29.0. The Labute approximate surface area is 241 Å². The first-order valence-corrected chi connectivity index (χ1v) is 13.0. The van der Waals surface area contributed by atoms with Crippen molar-refractivity contribution < 1.29 is 19.1 Å². The lowest BCUT2D eigenvalue weighted by Crippen LogP contribution is -2.30. The van der Waals surface area contributed by atoms with Gasteiger partial charge < -0.3 is 25.4 Å². The van der Waals surface area contributed by atoms with Crippen molar-refractivity contribution in [1.82, 2.24) is 0 Å². The number of ether oxygens (including phenoxy) is 2. The Hall–Kier alpha value is -4.04. The number of nitrogens with one attached hydrogen (secondary N) is 3. The summed E-state index contributed by atoms with van der Waals surface area (Å²) in [4.78, 5) is 29.4. The SMILES string of the molecule is COc1cc2c(c3c1OC(C)(C)C3)C(c1cccc(NC(=O)Nc3cccc(NC(C)=O)c3)c1)=NC(C)(C)C2.Cl. The van der Waals surface area contributed by atoms with Crippen LogP contribution in [0.3, 0.4) is 0 Å². The van der Waals surface area contributed by atoms with Gasteiger partial charge in [0.1, 0.15) is 5.60 Å². The molecule has 0 saturated carbocycles. The molecule has 8 nitrogen and oxygen atoms in total. The second kappa shape index (κ2) is 10.8. The fraction of sp³-hybridized carbons (Fsp3) is 0.323. The molecule has 0 unspecified atom stereocenters. The molecule has 2 aliphatic rings. The first-order chi connectivity index (χ1) is 18.4. The number of urea groups is 1. The van der Waals surface area contributed by atoms with Gasteiger partial charge in [-0.1, -0.05) is 18.2 Å². The van der Waals surface area contributed by atoms with Crippen LogP contribution in [0.5, 0.6) is 11.5 Å². The number of amides is 3. The van der Waals surface area contributed by atoms with Gasteiger partial charge in [0, 0.05) is 47.1 Å². The van der Waals surface area contributed by atoms with Crippen molar-refractivity contribution in [3.63, 3.8) is 0 Å². The lowest BCUT2D eigenvalue weighted by atomic mass is 9.81. The summed E-state index contributed by atoms with van der Waals surface area (Å²) in [5, 5.41) is 8.46. The summed E-state index contributed by atoms with van der Waals surface area (Å²) in [7, 11) is 1.68. The molecule has 2 heterocycles. The van der Waals surface area contributed by atoms with E-state index >= 15 is 0 Å². The minimum Gasteiger partial charge on any atom is -0.493 e. The van der Waals surface area contributed by atoms with E-state index in [0.717, 1.165) is 46.7 Å². The molecule has 0 radical (unpaired) electrons. The van der Waals surface area contributed by atoms with Crippen LogP contribution in [0.25, 0.3) is 0 Å². The van der Waals surface area contributed by atoms with Gasteiger partial charge in [0.2, 0.25) is 5.91 Å². The van der Waals surface area contributed by atoms with E-state index in [1.54, 1.807) is 31.4 Å². The highest BCUT2D eigenvalue weighted by molar-refractivity contribution is 6.16. The molecular formula is C31H35ClN4O4. The highest BCUT2D eigenvalue weighted by Crippen LogP contribution is 2.47. The van der Waals surface area contributed by atoms with E-state index in [2.05, 4.69) is 49.7 Å². The normalized spacial score (nSPS) is 15.8. The number of carbonyl (C=O) groups excluding carboxylic acids is 2. The van der Waals surface area contributed by atoms with Crippen LogP contribution in [0.15, 0.2) is 59.6 Å². The molecule has 210 valence electrons. The summed E-state index contributed by atoms with van der Waals surface area (Å²) < 4.78 is 12.0. The molecule has 5 rings (SSSR count). The Morgan fingerprint density at radius 1 is 0.900 bits per heavy atom. The average Bonchev–Trinajstić information content (AvgIpc) is 3.17. The van der Waals surface area contributed by atoms with Crippen LogP contribution in [0.1, 0.15) is 56.9 Å². The Balaban J connectivity index is 0.00000370. The third-order valence-electron chi connectivity index (χ3n) is 6.74. The first-order valence-electron chi connectivity index (χ1n) is 13.0. The number of rotatable bonds is 5. The molecule has 3 aromatic rings. The monoisotopic (exact) mass is 562 g/mol. The molecule has 3 amide bonds. The molecule has 3 aromatic carbocycles. The third kappa shape index (κ3) is 6.07. The van der Waals surface area contributed by atoms with Gasteiger partial charge in [-0.2, -0.15) is 0 Å². The van der Waals surface area contributed by atoms with Gasteiger partial charge in [-0.3, -0.25) is 9.79 Å². The van der Waals surface area contributed by atoms with E-state index in [0.29, 0.717) is 17.1 Å². The molecule has 40 heavy (non-hydrogen) atoms. The molecule has 0 fully saturated rings. The van der Waals surface area contributed by atoms with Crippen molar-refractivity contribution in [1.29, 1.82) is 0 Å². The fourth-order valence-electron chi connectivity index (χ4n) is 5.35. The van der Waals surface area contributed by atoms with Gasteiger partial charge in [0.25, 0.3) is 0 Å². The molecule has 2 aliphatic heterocycles. The number of aliphatic imine (C=N–C) groups is 1. The number of methoxy groups -OCH3 is 1. The maximum atomic E-state index is 12.8. The number of carbonyl (C=O) groups is 2. The molecule has 9 heteroatoms. The van der Waals surface area contributed by atoms with E-state index in [1.807, 2.05) is 24.3 Å². The number of fused-ring (bicyclic) bond motifs is 3. The molecular weight excluding hydrogens is 528 g/mol. The smallest absolute Gasteiger partial charge is 0.323 e. The van der Waals surface area contributed by atoms with Crippen molar-refractivity contribution in [3.05, 3.63) is 76.9 Å². The van der Waals surface area contributed by atoms with E-state index in [9.17, 15) is 9.59 Å². The van der Waals surface area contributed by atoms with Crippen LogP contribution >= 0.6 is 12.4 Å². The number of benzene rings is 3. The molecule has 0 aromatic heterocycles. The van der Waals surface area contributed by atoms with Crippen LogP contribution < -0.4 is 25.4 Å². The van der Waals surface area contributed by atoms with Gasteiger partial charge in [-0.05, 0) is 76.1 Å². The van der Waals surface area contributed by atoms with Crippen LogP contribution in [0.2, 0.25) is 0 Å². The average molecular weight is 563 g/mol. The van der Waals surface area contributed by atoms with Crippen LogP contribution in [-0.4, -0.2) is 35.9 Å². The van der Waals surface area contributed by atoms with E-state index in [4.69, 9.17) is 14.5 Å². The van der Waals surface area contributed by atoms with Crippen molar-refractivity contribution in [2.45, 2.75) is 58.6 Å². The summed E-state index contributed by atoms with van der Waals surface area (Å²) in [6, 6.07) is 16.4. The summed E-state index contributed by atoms with van der Waals surface area (Å²) in [5.74, 6) is 1.35. The topological polar surface area (TPSA) is 101 Å². The molecule has 0 saturated heterocycles. The quantitative estimate of drug-likeness (QED) is 0.326. The van der Waals surface area contributed by atoms with Crippen molar-refractivity contribution in [3.8, 4) is 11.5 Å². The Morgan fingerprint density at radius 3 is 2.17 bits per heavy atom. The second-order valence-electron chi connectivity index (χ2n) is 11.3. The lowest BCUT2D eigenvalue weighted by Gasteiger charge is -2.31. The minimum absolute atomic E-state index is 0. The van der Waals surface area contributed by atoms with Gasteiger partial charge >= 0.3 is 6.03 Å². The second-order valence-corrected chi connectivity index (χ2v) is 11.3. The highest BCUT2D eigenvalue weighted by Gasteiger charge is 2.39. The molecule has 3 N–H and O–H groups in total. The van der Waals surface area contributed by atoms with Crippen LogP contribution in [0.4, 0.5) is 21.9 Å². The van der Waals surface area contributed by atoms with Gasteiger partial charge in [-0.15, -0.1) is 12.4 Å². The zero-order chi connectivity index (χ0) is 27.9. The number of anilines is 3. The number of halogens is 1. The standard InChI is InChI=1S/C31H34N4O4.ClH/c1-18(36)32-22-11-8-12-23(15-22)34-29(37)33-21-10-7-9-19(13-21)27-26-20(16-30(2,3)35-27)14-25(38-6)28-24(26)17-31(4,5)39-28;/h7-15H,16-17H2,1-6H3,(H,32,36)(H2,33,34,37);1H. The molecule has 0 aliphatic carbocycles. The maximum Gasteiger partial charge on any atom is 0.323 e. The fourth-order valence-corrected chi connectivity index (χ4v) is 5.35. The van der Waals surface area contributed by atoms with Crippen molar-refractivity contribution in [2.75, 3.05) is 23.1 Å². The minimum atomic E-state index is -0.390. The number of nitrogens with zero attached hydrogens (tertiary/aromatic N) is 1. The van der Waals surface area contributed by atoms with E-state index in [1.165, 1.54) is 12.5 Å². The Bertz CT molecular complexity index is 1510. The molecule has 0 bridgehead atoms. The highest BCUT2D eigenvalue weighted by atomic mass is 35.5. The predicted molar refractivity (Wildman–Crippen MR) is 162 cm³/mol.